The molecule has 63 heteroatoms. The highest BCUT2D eigenvalue weighted by Gasteiger charge is 2.61. The van der Waals surface area contributed by atoms with Crippen LogP contribution in [0.3, 0.4) is 0 Å². The van der Waals surface area contributed by atoms with Crippen molar-refractivity contribution in [2.75, 3.05) is 46.2 Å². The zero-order valence-electron chi connectivity index (χ0n) is 51.7. The van der Waals surface area contributed by atoms with Crippen molar-refractivity contribution in [2.45, 2.75) is 215 Å². The molecule has 0 saturated carbocycles. The Kier molecular flexibility index (Phi) is 29.3. The summed E-state index contributed by atoms with van der Waals surface area (Å²) in [7, 11) is -39.7. The van der Waals surface area contributed by atoms with E-state index in [0.717, 1.165) is 0 Å². The Hall–Kier alpha value is -2.03. The minimum absolute atomic E-state index is 1.65. The van der Waals surface area contributed by atoms with Crippen molar-refractivity contribution in [3.8, 4) is 0 Å². The molecular weight excluding hydrogens is 1620 g/mol. The normalized spacial score (nSPS) is 44.9. The first-order valence-electron chi connectivity index (χ1n) is 29.2. The minimum Gasteiger partial charge on any atom is -0.387 e. The topological polar surface area (TPSA) is 858 Å². The summed E-state index contributed by atoms with van der Waals surface area (Å²) in [6.45, 7) is -11.6. The second-order valence-electron chi connectivity index (χ2n) is 23.4. The molecule has 21 aliphatic rings. The molecule has 56 nitrogen and oxygen atoms in total. The number of ether oxygens (including phenoxy) is 14. The molecule has 0 aromatic rings. The molecule has 0 aromatic carbocycles. The zero-order chi connectivity index (χ0) is 78.5. The molecule has 21 heterocycles. The number of hydrogen-bond donors (Lipinski definition) is 21. The summed E-state index contributed by atoms with van der Waals surface area (Å²) >= 11 is 0. The highest BCUT2D eigenvalue weighted by Crippen LogP contribution is 2.40. The lowest BCUT2D eigenvalue weighted by Crippen LogP contribution is -2.68. The van der Waals surface area contributed by atoms with E-state index >= 15 is 0 Å². The Morgan fingerprint density at radius 1 is 0.171 bits per heavy atom. The van der Waals surface area contributed by atoms with Gasteiger partial charge in [0, 0.05) is 0 Å². The Labute approximate surface area is 589 Å². The summed E-state index contributed by atoms with van der Waals surface area (Å²) < 4.78 is 343. The van der Waals surface area contributed by atoms with Crippen LogP contribution < -0.4 is 0 Å². The Bertz CT molecular complexity index is 3040. The molecule has 14 bridgehead atoms. The maximum Gasteiger partial charge on any atom is 0.397 e. The molecule has 2 unspecified atom stereocenters. The van der Waals surface area contributed by atoms with Crippen LogP contribution >= 0.6 is 0 Å². The smallest absolute Gasteiger partial charge is 0.387 e. The van der Waals surface area contributed by atoms with Gasteiger partial charge >= 0.3 is 72.8 Å². The number of aliphatic hydroxyl groups excluding tert-OH is 14. The second kappa shape index (κ2) is 34.7. The number of aliphatic hydroxyl groups is 14. The lowest BCUT2D eigenvalue weighted by molar-refractivity contribution is -0.395. The fraction of sp³-hybridized carbons (Fsp3) is 1.00. The van der Waals surface area contributed by atoms with E-state index in [1.165, 1.54) is 0 Å². The van der Waals surface area contributed by atoms with E-state index in [4.69, 9.17) is 66.3 Å². The van der Waals surface area contributed by atoms with Gasteiger partial charge in [-0.3, -0.25) is 31.9 Å². The first-order chi connectivity index (χ1) is 48.2. The van der Waals surface area contributed by atoms with Crippen molar-refractivity contribution in [2.24, 2.45) is 0 Å². The van der Waals surface area contributed by atoms with Crippen molar-refractivity contribution in [1.29, 1.82) is 0 Å². The van der Waals surface area contributed by atoms with Crippen LogP contribution in [0.15, 0.2) is 0 Å². The van der Waals surface area contributed by atoms with E-state index < -0.39 is 334 Å². The standard InChI is InChI=1S/C42H70O56S7/c43-15-22(50)36-85-8(1-78-99(57,58)59)29(15)92-37-23(51)16(44)31(10(86-37)3-80-101(63,64)65)94-39-25(53)18(46)33(12(88-39)5-82-103(69,70)71)96-41-27(55)20(48)35(14(90-41)7-84-105(75,76)77)98-42-28(56)21(49)34(13(91-42)6-83-104(72,73)74)97-40-26(54)19(47)32(11(89-40)4-81-102(66,67)68)95-38-24(52)17(45)30(93-36)9(87-38)2-79-100(60,61)62/h8-56H,1-7H2,(H,57,58,59)(H,60,61,62)(H,63,64,65)(H,66,67,68)(H,69,70,71)(H,72,73,74)(H,75,76,77)/t8-,9-,10-,11-,12-,13-,14-,15-,16-,17-,18-,19-,20-,21?,22-,23-,24-,25?,26-,27-,28-,29-,30-,31-,32-,33-,34-,35-,36-,37-,38-,39-,40-,41-,42-/m1/s1. The molecule has 616 valence electrons. The van der Waals surface area contributed by atoms with Crippen LogP contribution in [0.2, 0.25) is 0 Å². The van der Waals surface area contributed by atoms with Gasteiger partial charge in [-0.05, 0) is 0 Å². The summed E-state index contributed by atoms with van der Waals surface area (Å²) in [5.41, 5.74) is 0. The summed E-state index contributed by atoms with van der Waals surface area (Å²) in [4.78, 5) is 0. The molecule has 0 amide bonds. The van der Waals surface area contributed by atoms with Crippen molar-refractivity contribution >= 4 is 72.8 Å². The summed E-state index contributed by atoms with van der Waals surface area (Å²) in [5.74, 6) is 0. The van der Waals surface area contributed by atoms with Crippen molar-refractivity contribution in [3.05, 3.63) is 0 Å². The van der Waals surface area contributed by atoms with Crippen molar-refractivity contribution in [1.82, 2.24) is 0 Å². The third-order valence-corrected chi connectivity index (χ3v) is 19.2. The molecule has 21 saturated heterocycles. The third-order valence-electron chi connectivity index (χ3n) is 16.2. The maximum absolute atomic E-state index is 12.0. The summed E-state index contributed by atoms with van der Waals surface area (Å²) in [6, 6.07) is 0. The average molecular weight is 1700 g/mol. The number of rotatable bonds is 21. The van der Waals surface area contributed by atoms with Crippen LogP contribution in [0.1, 0.15) is 0 Å². The third kappa shape index (κ3) is 23.6. The molecule has 21 fully saturated rings. The molecule has 21 N–H and O–H groups in total. The predicted molar refractivity (Wildman–Crippen MR) is 301 cm³/mol. The maximum atomic E-state index is 12.0. The summed E-state index contributed by atoms with van der Waals surface area (Å²) in [6.07, 6.45) is -93.1. The van der Waals surface area contributed by atoms with Gasteiger partial charge in [0.2, 0.25) is 0 Å². The quantitative estimate of drug-likeness (QED) is 0.0475. The lowest BCUT2D eigenvalue weighted by Gasteiger charge is -2.50. The molecule has 0 aliphatic carbocycles. The SMILES string of the molecule is O=S(=O)(O)OC[C@H]1O[C@@H]2O[C@H]3[C@H](O)[C@@H](O)[C@@H](O[C@H]4[C@H](O)[C@@H](O)[C@@H](O[C@H]5[C@H](O)[C@@H](O)[C@H](O[C@@H]5COS(=O)(=O)O)O[C@H]5C(O)[C@@H](O)[C@@H](O[C@H]6[C@H](O)[C@@H](O)[C@@H](O[C@H]7[C@H](O)C(O)[C@@H](O[C@H]1[C@H](O)[C@H]2O)O[C@@H]7COS(=O)(=O)O)O[C@@H]6COS(=O)(=O)O)O[C@@H]5COS(=O)(=O)O)O[C@@H]4COS(=O)(=O)O)O[C@@H]3COS(=O)(=O)O. The molecular formula is C42H70O56S7. The Morgan fingerprint density at radius 2 is 0.267 bits per heavy atom. The predicted octanol–water partition coefficient (Wildman–Crippen LogP) is -16.4. The van der Waals surface area contributed by atoms with Gasteiger partial charge in [-0.2, -0.15) is 58.9 Å². The van der Waals surface area contributed by atoms with Gasteiger partial charge in [-0.1, -0.05) is 0 Å². The molecule has 0 radical (unpaired) electrons. The van der Waals surface area contributed by atoms with Crippen LogP contribution in [0.5, 0.6) is 0 Å². The van der Waals surface area contributed by atoms with Crippen LogP contribution in [0.25, 0.3) is 0 Å². The molecule has 21 rings (SSSR count). The van der Waals surface area contributed by atoms with Crippen LogP contribution in [0.4, 0.5) is 0 Å². The van der Waals surface area contributed by atoms with Gasteiger partial charge in [0.05, 0.1) is 46.2 Å². The van der Waals surface area contributed by atoms with E-state index in [1.807, 2.05) is 0 Å². The van der Waals surface area contributed by atoms with Gasteiger partial charge in [0.15, 0.2) is 44.0 Å². The van der Waals surface area contributed by atoms with Gasteiger partial charge in [-0.15, -0.1) is 0 Å². The first-order valence-corrected chi connectivity index (χ1v) is 38.8. The molecule has 0 spiro atoms. The zero-order valence-corrected chi connectivity index (χ0v) is 57.4. The van der Waals surface area contributed by atoms with Crippen LogP contribution in [0, 0.1) is 0 Å². The summed E-state index contributed by atoms with van der Waals surface area (Å²) in [5, 5.41) is 163. The highest BCUT2D eigenvalue weighted by atomic mass is 32.3. The van der Waals surface area contributed by atoms with Gasteiger partial charge < -0.3 is 138 Å². The molecule has 0 aromatic heterocycles. The average Bonchev–Trinajstić information content (AvgIpc) is 0.784. The van der Waals surface area contributed by atoms with Crippen molar-refractivity contribution < 1.29 is 258 Å². The lowest BCUT2D eigenvalue weighted by atomic mass is 9.95. The Balaban J connectivity index is 1.23. The van der Waals surface area contributed by atoms with Gasteiger partial charge in [0.25, 0.3) is 0 Å². The van der Waals surface area contributed by atoms with Crippen molar-refractivity contribution in [3.63, 3.8) is 0 Å². The largest absolute Gasteiger partial charge is 0.397 e. The van der Waals surface area contributed by atoms with E-state index in [1.54, 1.807) is 0 Å². The van der Waals surface area contributed by atoms with Crippen LogP contribution in [-0.2, 0) is 168 Å². The monoisotopic (exact) mass is 1690 g/mol. The van der Waals surface area contributed by atoms with E-state index in [9.17, 15) is 162 Å². The molecule has 21 aliphatic heterocycles. The van der Waals surface area contributed by atoms with Crippen LogP contribution in [-0.4, -0.2) is 423 Å². The Morgan fingerprint density at radius 3 is 0.352 bits per heavy atom. The minimum atomic E-state index is -5.67. The van der Waals surface area contributed by atoms with E-state index in [-0.39, 0.29) is 0 Å². The number of hydrogen-bond acceptors (Lipinski definition) is 49. The fourth-order valence-corrected chi connectivity index (χ4v) is 13.5. The highest BCUT2D eigenvalue weighted by molar-refractivity contribution is 7.82. The second-order valence-corrected chi connectivity index (χ2v) is 31.0. The van der Waals surface area contributed by atoms with E-state index in [0.29, 0.717) is 0 Å². The van der Waals surface area contributed by atoms with E-state index in [2.05, 4.69) is 29.3 Å². The van der Waals surface area contributed by atoms with Gasteiger partial charge in [-0.25, -0.2) is 29.3 Å². The molecule has 35 atom stereocenters. The van der Waals surface area contributed by atoms with Gasteiger partial charge in [0.1, 0.15) is 171 Å². The fourth-order valence-electron chi connectivity index (χ4n) is 11.4. The molecule has 105 heavy (non-hydrogen) atoms. The first kappa shape index (κ1) is 88.5.